The molecule has 43 heavy (non-hydrogen) atoms. The molecule has 0 radical (unpaired) electrons. The minimum atomic E-state index is -4.77. The summed E-state index contributed by atoms with van der Waals surface area (Å²) in [6.07, 6.45) is -3.01. The second-order valence-electron chi connectivity index (χ2n) is 9.88. The normalized spacial score (nSPS) is 11.8. The van der Waals surface area contributed by atoms with Crippen LogP contribution in [-0.2, 0) is 16.0 Å². The predicted molar refractivity (Wildman–Crippen MR) is 161 cm³/mol. The molecule has 0 aliphatic carbocycles. The Morgan fingerprint density at radius 3 is 2.26 bits per heavy atom. The summed E-state index contributed by atoms with van der Waals surface area (Å²) in [7, 11) is 5.32. The van der Waals surface area contributed by atoms with Gasteiger partial charge in [-0.15, -0.1) is 0 Å². The van der Waals surface area contributed by atoms with E-state index in [9.17, 15) is 21.6 Å². The van der Waals surface area contributed by atoms with Crippen LogP contribution in [0.5, 0.6) is 17.2 Å². The van der Waals surface area contributed by atoms with Gasteiger partial charge in [0.2, 0.25) is 5.95 Å². The second-order valence-corrected chi connectivity index (χ2v) is 12.1. The highest BCUT2D eigenvalue weighted by Crippen LogP contribution is 2.40. The first-order valence-corrected chi connectivity index (χ1v) is 15.0. The SMILES string of the molecule is COc1cc(OCCS(C)(=O)=O)ccc1Nc1ncc(C(F)(F)F)c(Nc2cc(N)c(N(C)CCN(C)C)cc2OC)n1. The van der Waals surface area contributed by atoms with Gasteiger partial charge in [0, 0.05) is 44.7 Å². The van der Waals surface area contributed by atoms with E-state index in [1.54, 1.807) is 12.1 Å². The molecule has 1 aromatic heterocycles. The Hall–Kier alpha value is -4.18. The molecule has 3 aromatic rings. The molecule has 16 heteroatoms. The summed E-state index contributed by atoms with van der Waals surface area (Å²) in [5.74, 6) is -0.00463. The van der Waals surface area contributed by atoms with E-state index in [2.05, 4.69) is 20.6 Å². The Bertz CT molecular complexity index is 1520. The number of ether oxygens (including phenoxy) is 3. The van der Waals surface area contributed by atoms with E-state index in [1.165, 1.54) is 32.4 Å². The first-order chi connectivity index (χ1) is 20.1. The number of likely N-dealkylation sites (N-methyl/N-ethyl adjacent to an activating group) is 2. The fraction of sp³-hybridized carbons (Fsp3) is 0.407. The average Bonchev–Trinajstić information content (AvgIpc) is 2.91. The smallest absolute Gasteiger partial charge is 0.421 e. The molecule has 0 aliphatic heterocycles. The van der Waals surface area contributed by atoms with Crippen molar-refractivity contribution >= 4 is 44.4 Å². The monoisotopic (exact) mass is 627 g/mol. The van der Waals surface area contributed by atoms with Crippen molar-refractivity contribution in [3.05, 3.63) is 42.1 Å². The summed E-state index contributed by atoms with van der Waals surface area (Å²) in [6.45, 7) is 1.35. The molecule has 0 aliphatic rings. The number of nitrogens with two attached hydrogens (primary N) is 1. The molecule has 4 N–H and O–H groups in total. The third-order valence-electron chi connectivity index (χ3n) is 6.13. The van der Waals surface area contributed by atoms with Gasteiger partial charge in [0.15, 0.2) is 9.84 Å². The Labute approximate surface area is 248 Å². The van der Waals surface area contributed by atoms with Crippen molar-refractivity contribution in [2.45, 2.75) is 6.18 Å². The topological polar surface area (TPSA) is 144 Å². The Morgan fingerprint density at radius 2 is 1.65 bits per heavy atom. The zero-order valence-electron chi connectivity index (χ0n) is 24.7. The lowest BCUT2D eigenvalue weighted by molar-refractivity contribution is -0.137. The number of nitrogen functional groups attached to an aromatic ring is 1. The van der Waals surface area contributed by atoms with Crippen molar-refractivity contribution in [1.82, 2.24) is 14.9 Å². The number of aromatic nitrogens is 2. The quantitative estimate of drug-likeness (QED) is 0.222. The van der Waals surface area contributed by atoms with Crippen LogP contribution in [0.15, 0.2) is 36.5 Å². The number of hydrogen-bond acceptors (Lipinski definition) is 12. The highest BCUT2D eigenvalue weighted by molar-refractivity contribution is 7.90. The van der Waals surface area contributed by atoms with Crippen molar-refractivity contribution < 1.29 is 35.8 Å². The largest absolute Gasteiger partial charge is 0.494 e. The van der Waals surface area contributed by atoms with Crippen LogP contribution in [0.1, 0.15) is 5.56 Å². The van der Waals surface area contributed by atoms with Crippen LogP contribution in [0.25, 0.3) is 0 Å². The molecule has 0 spiro atoms. The van der Waals surface area contributed by atoms with E-state index in [0.717, 1.165) is 12.8 Å². The average molecular weight is 628 g/mol. The minimum absolute atomic E-state index is 0.0624. The summed E-state index contributed by atoms with van der Waals surface area (Å²) < 4.78 is 80.9. The zero-order valence-corrected chi connectivity index (χ0v) is 25.6. The molecule has 0 atom stereocenters. The van der Waals surface area contributed by atoms with Crippen molar-refractivity contribution in [3.8, 4) is 17.2 Å². The summed E-state index contributed by atoms with van der Waals surface area (Å²) in [5, 5.41) is 5.56. The number of alkyl halides is 3. The number of anilines is 6. The van der Waals surface area contributed by atoms with Crippen molar-refractivity contribution in [2.75, 3.05) is 88.3 Å². The van der Waals surface area contributed by atoms with Crippen LogP contribution >= 0.6 is 0 Å². The molecule has 3 rings (SSSR count). The molecule has 0 saturated carbocycles. The van der Waals surface area contributed by atoms with Crippen LogP contribution in [0.2, 0.25) is 0 Å². The molecule has 12 nitrogen and oxygen atoms in total. The number of methoxy groups -OCH3 is 2. The molecule has 2 aromatic carbocycles. The van der Waals surface area contributed by atoms with Gasteiger partial charge in [0.25, 0.3) is 0 Å². The van der Waals surface area contributed by atoms with Crippen LogP contribution in [0, 0.1) is 0 Å². The van der Waals surface area contributed by atoms with Gasteiger partial charge in [-0.1, -0.05) is 0 Å². The van der Waals surface area contributed by atoms with Gasteiger partial charge in [-0.05, 0) is 32.3 Å². The van der Waals surface area contributed by atoms with Gasteiger partial charge in [-0.3, -0.25) is 0 Å². The summed E-state index contributed by atoms with van der Waals surface area (Å²) in [4.78, 5) is 11.9. The number of sulfone groups is 1. The third kappa shape index (κ3) is 9.41. The van der Waals surface area contributed by atoms with Crippen LogP contribution in [0.4, 0.5) is 47.7 Å². The first-order valence-electron chi connectivity index (χ1n) is 12.9. The third-order valence-corrected chi connectivity index (χ3v) is 7.04. The maximum absolute atomic E-state index is 14.0. The molecule has 0 bridgehead atoms. The highest BCUT2D eigenvalue weighted by atomic mass is 32.2. The maximum atomic E-state index is 14.0. The van der Waals surface area contributed by atoms with Gasteiger partial charge >= 0.3 is 6.18 Å². The first kappa shape index (κ1) is 33.3. The Morgan fingerprint density at radius 1 is 0.977 bits per heavy atom. The van der Waals surface area contributed by atoms with Gasteiger partial charge in [0.1, 0.15) is 35.2 Å². The predicted octanol–water partition coefficient (Wildman–Crippen LogP) is 4.00. The number of benzene rings is 2. The number of hydrogen-bond donors (Lipinski definition) is 3. The highest BCUT2D eigenvalue weighted by Gasteiger charge is 2.36. The van der Waals surface area contributed by atoms with Gasteiger partial charge in [0.05, 0.1) is 42.7 Å². The lowest BCUT2D eigenvalue weighted by Gasteiger charge is -2.25. The van der Waals surface area contributed by atoms with Crippen molar-refractivity contribution in [2.24, 2.45) is 0 Å². The molecule has 0 saturated heterocycles. The van der Waals surface area contributed by atoms with E-state index in [0.29, 0.717) is 35.6 Å². The molecule has 0 unspecified atom stereocenters. The standard InChI is InChI=1S/C27H36F3N7O5S/c1-36(2)9-10-37(3)22-15-24(41-5)21(14-19(22)31)33-25-18(27(28,29)30)16-32-26(35-25)34-20-8-7-17(13-23(20)40-4)42-11-12-43(6,38)39/h7-8,13-16H,9-12,31H2,1-6H3,(H2,32,33,34,35). The molecular formula is C27H36F3N7O5S. The van der Waals surface area contributed by atoms with E-state index in [4.69, 9.17) is 19.9 Å². The maximum Gasteiger partial charge on any atom is 0.421 e. The minimum Gasteiger partial charge on any atom is -0.494 e. The lowest BCUT2D eigenvalue weighted by atomic mass is 10.2. The molecule has 236 valence electrons. The van der Waals surface area contributed by atoms with Crippen LogP contribution < -0.4 is 35.5 Å². The Kier molecular flexibility index (Phi) is 10.7. The number of nitrogens with one attached hydrogen (secondary N) is 2. The summed E-state index contributed by atoms with van der Waals surface area (Å²) >= 11 is 0. The van der Waals surface area contributed by atoms with Crippen molar-refractivity contribution in [1.29, 1.82) is 0 Å². The van der Waals surface area contributed by atoms with E-state index in [-0.39, 0.29) is 35.5 Å². The van der Waals surface area contributed by atoms with Gasteiger partial charge in [-0.2, -0.15) is 18.2 Å². The fourth-order valence-corrected chi connectivity index (χ4v) is 4.21. The summed E-state index contributed by atoms with van der Waals surface area (Å²) in [5.41, 5.74) is 6.67. The molecule has 0 amide bonds. The van der Waals surface area contributed by atoms with Crippen LogP contribution in [-0.4, -0.2) is 90.4 Å². The second kappa shape index (κ2) is 13.9. The van der Waals surface area contributed by atoms with Crippen molar-refractivity contribution in [3.63, 3.8) is 0 Å². The van der Waals surface area contributed by atoms with E-state index in [1.807, 2.05) is 30.9 Å². The van der Waals surface area contributed by atoms with Gasteiger partial charge < -0.3 is 40.4 Å². The van der Waals surface area contributed by atoms with Crippen LogP contribution in [0.3, 0.4) is 0 Å². The Balaban J connectivity index is 1.92. The number of nitrogens with zero attached hydrogens (tertiary/aromatic N) is 4. The number of halogens is 3. The fourth-order valence-electron chi connectivity index (χ4n) is 3.82. The molecule has 1 heterocycles. The lowest BCUT2D eigenvalue weighted by Crippen LogP contribution is -2.29. The van der Waals surface area contributed by atoms with Gasteiger partial charge in [-0.25, -0.2) is 13.4 Å². The molecular weight excluding hydrogens is 591 g/mol. The van der Waals surface area contributed by atoms with E-state index < -0.39 is 27.4 Å². The zero-order chi connectivity index (χ0) is 31.9. The summed E-state index contributed by atoms with van der Waals surface area (Å²) in [6, 6.07) is 7.71. The number of rotatable bonds is 14. The molecule has 0 fully saturated rings. The van der Waals surface area contributed by atoms with E-state index >= 15 is 0 Å².